The molecule has 3 N–H and O–H groups in total. The van der Waals surface area contributed by atoms with Gasteiger partial charge in [0, 0.05) is 5.69 Å². The summed E-state index contributed by atoms with van der Waals surface area (Å²) in [7, 11) is 1.57. The molecule has 0 saturated carbocycles. The van der Waals surface area contributed by atoms with Crippen molar-refractivity contribution in [2.45, 2.75) is 0 Å². The molecule has 0 bridgehead atoms. The van der Waals surface area contributed by atoms with Crippen molar-refractivity contribution in [3.63, 3.8) is 0 Å². The van der Waals surface area contributed by atoms with E-state index in [0.29, 0.717) is 17.1 Å². The summed E-state index contributed by atoms with van der Waals surface area (Å²) in [6.07, 6.45) is 1.42. The molecule has 8 nitrogen and oxygen atoms in total. The lowest BCUT2D eigenvalue weighted by Gasteiger charge is -2.10. The fourth-order valence-electron chi connectivity index (χ4n) is 2.45. The molecule has 0 radical (unpaired) electrons. The topological polar surface area (TPSA) is 105 Å². The second-order valence-electron chi connectivity index (χ2n) is 5.88. The quantitative estimate of drug-likeness (QED) is 0.424. The molecule has 0 unspecified atom stereocenters. The number of hydrogen-bond donors (Lipinski definition) is 3. The fraction of sp³-hybridized carbons (Fsp3) is 0.0952. The zero-order chi connectivity index (χ0) is 20.5. The van der Waals surface area contributed by atoms with E-state index in [1.165, 1.54) is 6.26 Å². The van der Waals surface area contributed by atoms with E-state index in [4.69, 9.17) is 9.15 Å². The van der Waals surface area contributed by atoms with Crippen LogP contribution in [0, 0.1) is 0 Å². The molecular formula is C21H20N4O4. The van der Waals surface area contributed by atoms with Gasteiger partial charge in [-0.15, -0.1) is 0 Å². The highest BCUT2D eigenvalue weighted by molar-refractivity contribution is 6.05. The number of rotatable bonds is 7. The van der Waals surface area contributed by atoms with Crippen LogP contribution in [0.1, 0.15) is 16.1 Å². The number of amides is 3. The third-order valence-corrected chi connectivity index (χ3v) is 3.91. The van der Waals surface area contributed by atoms with Gasteiger partial charge < -0.3 is 19.8 Å². The van der Waals surface area contributed by atoms with Gasteiger partial charge in [-0.2, -0.15) is 5.10 Å². The molecule has 148 valence electrons. The number of nitrogens with zero attached hydrogens (tertiary/aromatic N) is 1. The summed E-state index contributed by atoms with van der Waals surface area (Å²) in [6, 6.07) is 18.8. The lowest BCUT2D eigenvalue weighted by Crippen LogP contribution is -2.32. The van der Waals surface area contributed by atoms with Gasteiger partial charge >= 0.3 is 6.03 Å². The number of methoxy groups -OCH3 is 1. The van der Waals surface area contributed by atoms with Gasteiger partial charge in [0.25, 0.3) is 5.91 Å². The smallest absolute Gasteiger partial charge is 0.339 e. The SMILES string of the molecule is COc1ccc(NC(=O)N/N=C(/CNC(=O)c2ccco2)c2ccccc2)cc1. The number of nitrogens with one attached hydrogen (secondary N) is 3. The number of hydrogen-bond acceptors (Lipinski definition) is 5. The summed E-state index contributed by atoms with van der Waals surface area (Å²) in [5.74, 6) is 0.511. The van der Waals surface area contributed by atoms with Crippen LogP contribution >= 0.6 is 0 Å². The van der Waals surface area contributed by atoms with Gasteiger partial charge in [-0.05, 0) is 42.0 Å². The molecular weight excluding hydrogens is 372 g/mol. The highest BCUT2D eigenvalue weighted by atomic mass is 16.5. The maximum absolute atomic E-state index is 12.2. The Bertz CT molecular complexity index is 968. The summed E-state index contributed by atoms with van der Waals surface area (Å²) in [4.78, 5) is 24.3. The zero-order valence-corrected chi connectivity index (χ0v) is 15.7. The molecule has 1 aromatic heterocycles. The standard InChI is InChI=1S/C21H20N4O4/c1-28-17-11-9-16(10-12-17)23-21(27)25-24-18(15-6-3-2-4-7-15)14-22-20(26)19-8-5-13-29-19/h2-13H,14H2,1H3,(H,22,26)(H2,23,25,27)/b24-18-. The molecule has 29 heavy (non-hydrogen) atoms. The lowest BCUT2D eigenvalue weighted by atomic mass is 10.1. The van der Waals surface area contributed by atoms with Gasteiger partial charge in [-0.1, -0.05) is 30.3 Å². The maximum atomic E-state index is 12.2. The molecule has 8 heteroatoms. The number of furan rings is 1. The van der Waals surface area contributed by atoms with Crippen LogP contribution in [0.15, 0.2) is 82.5 Å². The first-order valence-electron chi connectivity index (χ1n) is 8.80. The van der Waals surface area contributed by atoms with Crippen LogP contribution in [-0.2, 0) is 0 Å². The molecule has 0 aliphatic carbocycles. The third kappa shape index (κ3) is 5.70. The molecule has 0 saturated heterocycles. The molecule has 2 aromatic carbocycles. The van der Waals surface area contributed by atoms with E-state index in [9.17, 15) is 9.59 Å². The van der Waals surface area contributed by atoms with Gasteiger partial charge in [-0.25, -0.2) is 10.2 Å². The minimum absolute atomic E-state index is 0.104. The number of ether oxygens (including phenoxy) is 1. The van der Waals surface area contributed by atoms with Crippen LogP contribution in [0.25, 0.3) is 0 Å². The van der Waals surface area contributed by atoms with E-state index >= 15 is 0 Å². The molecule has 3 amide bonds. The Kier molecular flexibility index (Phi) is 6.62. The number of benzene rings is 2. The van der Waals surface area contributed by atoms with Crippen LogP contribution in [0.3, 0.4) is 0 Å². The Morgan fingerprint density at radius 3 is 2.41 bits per heavy atom. The predicted octanol–water partition coefficient (Wildman–Crippen LogP) is 3.24. The van der Waals surface area contributed by atoms with E-state index in [1.807, 2.05) is 30.3 Å². The summed E-state index contributed by atoms with van der Waals surface area (Å²) in [6.45, 7) is 0.104. The van der Waals surface area contributed by atoms with Gasteiger partial charge in [0.2, 0.25) is 0 Å². The van der Waals surface area contributed by atoms with Crippen molar-refractivity contribution in [1.82, 2.24) is 10.7 Å². The minimum atomic E-state index is -0.513. The molecule has 3 aromatic rings. The van der Waals surface area contributed by atoms with Crippen molar-refractivity contribution < 1.29 is 18.7 Å². The van der Waals surface area contributed by atoms with Crippen LogP contribution in [0.2, 0.25) is 0 Å². The van der Waals surface area contributed by atoms with Crippen molar-refractivity contribution >= 4 is 23.3 Å². The van der Waals surface area contributed by atoms with Crippen LogP contribution in [0.4, 0.5) is 10.5 Å². The summed E-state index contributed by atoms with van der Waals surface area (Å²) in [5, 5.41) is 9.55. The van der Waals surface area contributed by atoms with Crippen LogP contribution in [-0.4, -0.2) is 31.3 Å². The number of urea groups is 1. The Hall–Kier alpha value is -4.07. The fourth-order valence-corrected chi connectivity index (χ4v) is 2.45. The first-order valence-corrected chi connectivity index (χ1v) is 8.80. The van der Waals surface area contributed by atoms with Crippen molar-refractivity contribution in [1.29, 1.82) is 0 Å². The maximum Gasteiger partial charge on any atom is 0.339 e. The first-order chi connectivity index (χ1) is 14.2. The summed E-state index contributed by atoms with van der Waals surface area (Å²) in [5.41, 5.74) is 4.28. The van der Waals surface area contributed by atoms with Crippen LogP contribution in [0.5, 0.6) is 5.75 Å². The summed E-state index contributed by atoms with van der Waals surface area (Å²) >= 11 is 0. The Morgan fingerprint density at radius 1 is 1.00 bits per heavy atom. The van der Waals surface area contributed by atoms with Crippen molar-refractivity contribution in [3.8, 4) is 5.75 Å². The minimum Gasteiger partial charge on any atom is -0.497 e. The molecule has 0 spiro atoms. The second kappa shape index (κ2) is 9.75. The average molecular weight is 392 g/mol. The van der Waals surface area contributed by atoms with Gasteiger partial charge in [-0.3, -0.25) is 4.79 Å². The molecule has 0 atom stereocenters. The average Bonchev–Trinajstić information content (AvgIpc) is 3.30. The van der Waals surface area contributed by atoms with Gasteiger partial charge in [0.1, 0.15) is 5.75 Å². The van der Waals surface area contributed by atoms with E-state index in [0.717, 1.165) is 5.56 Å². The number of anilines is 1. The van der Waals surface area contributed by atoms with E-state index in [2.05, 4.69) is 21.2 Å². The number of hydrazone groups is 1. The van der Waals surface area contributed by atoms with Crippen molar-refractivity contribution in [3.05, 3.63) is 84.3 Å². The highest BCUT2D eigenvalue weighted by Crippen LogP contribution is 2.14. The van der Waals surface area contributed by atoms with Crippen molar-refractivity contribution in [2.24, 2.45) is 5.10 Å². The molecule has 3 rings (SSSR count). The van der Waals surface area contributed by atoms with E-state index < -0.39 is 6.03 Å². The normalized spacial score (nSPS) is 10.9. The molecule has 0 aliphatic heterocycles. The lowest BCUT2D eigenvalue weighted by molar-refractivity contribution is 0.0932. The second-order valence-corrected chi connectivity index (χ2v) is 5.88. The predicted molar refractivity (Wildman–Crippen MR) is 109 cm³/mol. The molecule has 0 aliphatic rings. The van der Waals surface area contributed by atoms with E-state index in [1.54, 1.807) is 43.5 Å². The summed E-state index contributed by atoms with van der Waals surface area (Å²) < 4.78 is 10.2. The highest BCUT2D eigenvalue weighted by Gasteiger charge is 2.11. The van der Waals surface area contributed by atoms with Crippen LogP contribution < -0.4 is 20.8 Å². The Labute approximate surface area is 167 Å². The largest absolute Gasteiger partial charge is 0.497 e. The first kappa shape index (κ1) is 19.7. The molecule has 0 fully saturated rings. The Balaban J connectivity index is 1.65. The third-order valence-electron chi connectivity index (χ3n) is 3.91. The van der Waals surface area contributed by atoms with E-state index in [-0.39, 0.29) is 18.2 Å². The zero-order valence-electron chi connectivity index (χ0n) is 15.7. The van der Waals surface area contributed by atoms with Gasteiger partial charge in [0.15, 0.2) is 5.76 Å². The molecule has 1 heterocycles. The van der Waals surface area contributed by atoms with Gasteiger partial charge in [0.05, 0.1) is 25.6 Å². The van der Waals surface area contributed by atoms with Crippen molar-refractivity contribution in [2.75, 3.05) is 19.0 Å². The number of carbonyl (C=O) groups is 2. The Morgan fingerprint density at radius 2 is 1.76 bits per heavy atom. The number of carbonyl (C=O) groups excluding carboxylic acids is 2. The monoisotopic (exact) mass is 392 g/mol.